The van der Waals surface area contributed by atoms with Crippen LogP contribution in [0.5, 0.6) is 0 Å². The van der Waals surface area contributed by atoms with Gasteiger partial charge in [-0.2, -0.15) is 11.8 Å². The Bertz CT molecular complexity index is 905. The number of fused-ring (bicyclic) bond motifs is 1. The summed E-state index contributed by atoms with van der Waals surface area (Å²) in [5, 5.41) is 11.6. The van der Waals surface area contributed by atoms with Gasteiger partial charge in [0.25, 0.3) is 5.91 Å². The number of amides is 1. The fourth-order valence-electron chi connectivity index (χ4n) is 2.86. The third-order valence-electron chi connectivity index (χ3n) is 4.13. The molecule has 0 spiro atoms. The average Bonchev–Trinajstić information content (AvgIpc) is 2.90. The van der Waals surface area contributed by atoms with Gasteiger partial charge in [0.15, 0.2) is 0 Å². The van der Waals surface area contributed by atoms with Gasteiger partial charge in [-0.15, -0.1) is 0 Å². The van der Waals surface area contributed by atoms with Crippen molar-refractivity contribution in [2.24, 2.45) is 0 Å². The third kappa shape index (κ3) is 3.79. The summed E-state index contributed by atoms with van der Waals surface area (Å²) in [6.07, 6.45) is 4.07. The van der Waals surface area contributed by atoms with Crippen molar-refractivity contribution in [3.05, 3.63) is 52.9 Å². The highest BCUT2D eigenvalue weighted by atomic mass is 32.2. The van der Waals surface area contributed by atoms with Crippen LogP contribution in [0.1, 0.15) is 12.0 Å². The maximum absolute atomic E-state index is 12.8. The SMILES string of the molecule is CSCC[C@H](C(=O)O)N1C(=O)/C(=C\c2cccc3ccccc23)SC1=S. The Kier molecular flexibility index (Phi) is 6.01. The largest absolute Gasteiger partial charge is 0.480 e. The van der Waals surface area contributed by atoms with Crippen molar-refractivity contribution in [3.8, 4) is 0 Å². The van der Waals surface area contributed by atoms with Gasteiger partial charge in [0.05, 0.1) is 4.91 Å². The quantitative estimate of drug-likeness (QED) is 0.575. The molecule has 0 radical (unpaired) electrons. The van der Waals surface area contributed by atoms with Gasteiger partial charge in [-0.3, -0.25) is 9.69 Å². The van der Waals surface area contributed by atoms with E-state index in [9.17, 15) is 14.7 Å². The van der Waals surface area contributed by atoms with E-state index < -0.39 is 12.0 Å². The molecule has 7 heteroatoms. The second-order valence-electron chi connectivity index (χ2n) is 5.76. The summed E-state index contributed by atoms with van der Waals surface area (Å²) in [5.74, 6) is -0.709. The number of rotatable bonds is 6. The molecule has 0 aliphatic carbocycles. The van der Waals surface area contributed by atoms with Gasteiger partial charge in [0.1, 0.15) is 10.4 Å². The molecule has 3 rings (SSSR count). The number of thiocarbonyl (C=S) groups is 1. The van der Waals surface area contributed by atoms with Gasteiger partial charge >= 0.3 is 5.97 Å². The molecule has 1 N–H and O–H groups in total. The molecule has 2 aromatic carbocycles. The molecule has 1 aliphatic heterocycles. The van der Waals surface area contributed by atoms with E-state index in [4.69, 9.17) is 12.2 Å². The van der Waals surface area contributed by atoms with Crippen LogP contribution in [0.25, 0.3) is 16.8 Å². The van der Waals surface area contributed by atoms with E-state index in [2.05, 4.69) is 0 Å². The number of carbonyl (C=O) groups is 2. The predicted molar refractivity (Wildman–Crippen MR) is 113 cm³/mol. The van der Waals surface area contributed by atoms with E-state index in [0.29, 0.717) is 21.4 Å². The van der Waals surface area contributed by atoms with E-state index in [-0.39, 0.29) is 5.91 Å². The zero-order valence-electron chi connectivity index (χ0n) is 14.0. The molecule has 1 saturated heterocycles. The van der Waals surface area contributed by atoms with Gasteiger partial charge < -0.3 is 5.11 Å². The van der Waals surface area contributed by atoms with E-state index in [0.717, 1.165) is 28.1 Å². The fourth-order valence-corrected chi connectivity index (χ4v) is 4.67. The third-order valence-corrected chi connectivity index (χ3v) is 6.10. The molecule has 26 heavy (non-hydrogen) atoms. The van der Waals surface area contributed by atoms with Crippen LogP contribution < -0.4 is 0 Å². The highest BCUT2D eigenvalue weighted by molar-refractivity contribution is 8.26. The lowest BCUT2D eigenvalue weighted by atomic mass is 10.0. The Hall–Kier alpha value is -1.83. The zero-order valence-corrected chi connectivity index (χ0v) is 16.5. The Morgan fingerprint density at radius 1 is 1.31 bits per heavy atom. The van der Waals surface area contributed by atoms with Crippen molar-refractivity contribution in [3.63, 3.8) is 0 Å². The minimum atomic E-state index is -1.03. The maximum atomic E-state index is 12.8. The van der Waals surface area contributed by atoms with Crippen LogP contribution in [0.2, 0.25) is 0 Å². The smallest absolute Gasteiger partial charge is 0.326 e. The van der Waals surface area contributed by atoms with Crippen molar-refractivity contribution < 1.29 is 14.7 Å². The number of carboxylic acids is 1. The molecule has 1 heterocycles. The molecule has 134 valence electrons. The zero-order chi connectivity index (χ0) is 18.7. The van der Waals surface area contributed by atoms with E-state index in [1.807, 2.05) is 48.7 Å². The standard InChI is InChI=1S/C19H17NO3S3/c1-25-10-9-15(18(22)23)20-17(21)16(26-19(20)24)11-13-7-4-6-12-5-2-3-8-14(12)13/h2-8,11,15H,9-10H2,1H3,(H,22,23)/b16-11+/t15-/m1/s1. The molecular formula is C19H17NO3S3. The summed E-state index contributed by atoms with van der Waals surface area (Å²) in [5.41, 5.74) is 0.916. The Balaban J connectivity index is 1.95. The van der Waals surface area contributed by atoms with Gasteiger partial charge in [-0.1, -0.05) is 66.4 Å². The first kappa shape index (κ1) is 18.9. The topological polar surface area (TPSA) is 57.6 Å². The minimum absolute atomic E-state index is 0.301. The monoisotopic (exact) mass is 403 g/mol. The summed E-state index contributed by atoms with van der Waals surface area (Å²) >= 11 is 8.02. The molecule has 1 amide bonds. The second-order valence-corrected chi connectivity index (χ2v) is 8.42. The molecule has 0 saturated carbocycles. The maximum Gasteiger partial charge on any atom is 0.326 e. The first-order chi connectivity index (χ1) is 12.5. The second kappa shape index (κ2) is 8.24. The summed E-state index contributed by atoms with van der Waals surface area (Å²) < 4.78 is 0.301. The molecule has 1 fully saturated rings. The lowest BCUT2D eigenvalue weighted by molar-refractivity contribution is -0.145. The van der Waals surface area contributed by atoms with Gasteiger partial charge in [0, 0.05) is 0 Å². The number of carbonyl (C=O) groups excluding carboxylic acids is 1. The summed E-state index contributed by atoms with van der Waals surface area (Å²) in [6.45, 7) is 0. The van der Waals surface area contributed by atoms with Gasteiger partial charge in [0.2, 0.25) is 0 Å². The highest BCUT2D eigenvalue weighted by Gasteiger charge is 2.40. The number of aliphatic carboxylic acids is 1. The molecule has 0 bridgehead atoms. The molecular weight excluding hydrogens is 386 g/mol. The number of hydrogen-bond acceptors (Lipinski definition) is 5. The van der Waals surface area contributed by atoms with Crippen molar-refractivity contribution in [1.29, 1.82) is 0 Å². The highest BCUT2D eigenvalue weighted by Crippen LogP contribution is 2.35. The van der Waals surface area contributed by atoms with Crippen LogP contribution in [0.15, 0.2) is 47.4 Å². The number of thioether (sulfide) groups is 2. The Labute approximate surface area is 165 Å². The van der Waals surface area contributed by atoms with Gasteiger partial charge in [-0.05, 0) is 40.8 Å². The van der Waals surface area contributed by atoms with Crippen molar-refractivity contribution >= 4 is 68.8 Å². The van der Waals surface area contributed by atoms with Crippen molar-refractivity contribution in [1.82, 2.24) is 4.90 Å². The number of nitrogens with zero attached hydrogens (tertiary/aromatic N) is 1. The molecule has 0 unspecified atom stereocenters. The molecule has 1 aliphatic rings. The Morgan fingerprint density at radius 2 is 2.04 bits per heavy atom. The molecule has 1 atom stereocenters. The van der Waals surface area contributed by atoms with Crippen molar-refractivity contribution in [2.75, 3.05) is 12.0 Å². The van der Waals surface area contributed by atoms with Crippen molar-refractivity contribution in [2.45, 2.75) is 12.5 Å². The summed E-state index contributed by atoms with van der Waals surface area (Å²) in [6, 6.07) is 12.9. The van der Waals surface area contributed by atoms with Crippen LogP contribution >= 0.6 is 35.7 Å². The summed E-state index contributed by atoms with van der Waals surface area (Å²) in [4.78, 5) is 26.2. The van der Waals surface area contributed by atoms with E-state index in [1.54, 1.807) is 17.8 Å². The summed E-state index contributed by atoms with van der Waals surface area (Å²) in [7, 11) is 0. The van der Waals surface area contributed by atoms with E-state index in [1.165, 1.54) is 4.90 Å². The van der Waals surface area contributed by atoms with Gasteiger partial charge in [-0.25, -0.2) is 4.79 Å². The Morgan fingerprint density at radius 3 is 2.77 bits per heavy atom. The lowest BCUT2D eigenvalue weighted by Crippen LogP contribution is -2.44. The number of carboxylic acid groups (broad SMARTS) is 1. The predicted octanol–water partition coefficient (Wildman–Crippen LogP) is 4.25. The van der Waals surface area contributed by atoms with Crippen LogP contribution in [0.3, 0.4) is 0 Å². The minimum Gasteiger partial charge on any atom is -0.480 e. The van der Waals surface area contributed by atoms with Crippen LogP contribution in [0.4, 0.5) is 0 Å². The normalized spacial score (nSPS) is 17.3. The molecule has 0 aromatic heterocycles. The van der Waals surface area contributed by atoms with Crippen LogP contribution in [-0.4, -0.2) is 44.3 Å². The first-order valence-corrected chi connectivity index (χ1v) is 10.6. The van der Waals surface area contributed by atoms with Crippen LogP contribution in [-0.2, 0) is 9.59 Å². The van der Waals surface area contributed by atoms with Crippen LogP contribution in [0, 0.1) is 0 Å². The number of benzene rings is 2. The molecule has 2 aromatic rings. The average molecular weight is 404 g/mol. The molecule has 4 nitrogen and oxygen atoms in total. The number of hydrogen-bond donors (Lipinski definition) is 1. The fraction of sp³-hybridized carbons (Fsp3) is 0.211. The first-order valence-electron chi connectivity index (χ1n) is 7.99. The van der Waals surface area contributed by atoms with E-state index >= 15 is 0 Å². The lowest BCUT2D eigenvalue weighted by Gasteiger charge is -2.22.